The monoisotopic (exact) mass is 427 g/mol. The van der Waals surface area contributed by atoms with E-state index in [0.29, 0.717) is 0 Å². The van der Waals surface area contributed by atoms with E-state index in [1.165, 1.54) is 30.2 Å². The third-order valence-electron chi connectivity index (χ3n) is 4.26. The van der Waals surface area contributed by atoms with Crippen molar-refractivity contribution in [3.8, 4) is 0 Å². The van der Waals surface area contributed by atoms with Crippen LogP contribution in [-0.2, 0) is 30.3 Å². The van der Waals surface area contributed by atoms with Crippen LogP contribution in [0.3, 0.4) is 0 Å². The average Bonchev–Trinajstić information content (AvgIpc) is 3.15. The van der Waals surface area contributed by atoms with Crippen LogP contribution in [0.5, 0.6) is 0 Å². The minimum atomic E-state index is -1.66. The van der Waals surface area contributed by atoms with Crippen LogP contribution < -0.4 is 11.1 Å². The number of nitrogens with one attached hydrogen (secondary N) is 1. The molecular formula is C16H17N3O7S2. The molecule has 28 heavy (non-hydrogen) atoms. The molecule has 10 nitrogen and oxygen atoms in total. The van der Waals surface area contributed by atoms with E-state index < -0.39 is 35.0 Å². The van der Waals surface area contributed by atoms with Crippen molar-refractivity contribution in [1.82, 2.24) is 10.2 Å². The predicted octanol–water partition coefficient (Wildman–Crippen LogP) is 0.0986. The smallest absolute Gasteiger partial charge is 0.404 e. The van der Waals surface area contributed by atoms with Crippen LogP contribution in [0.25, 0.3) is 0 Å². The minimum Gasteiger partial charge on any atom is -0.477 e. The number of methoxy groups -OCH3 is 1. The standard InChI is InChI=1S/C16H17N3O7S2/c1-25-16(18-10(20)5-9-3-2-4-27-9)13(23)19-11(12(21)22)8(6-26-15(17)24)7-28-14(16)19/h2-4,14H,5-7H2,1H3,(H2,17,24)(H,18,20)(H,21,22)/t14-,16+/m0/s1. The lowest BCUT2D eigenvalue weighted by Gasteiger charge is -2.55. The molecule has 12 heteroatoms. The van der Waals surface area contributed by atoms with E-state index in [2.05, 4.69) is 10.1 Å². The summed E-state index contributed by atoms with van der Waals surface area (Å²) in [5, 5.41) is 13.2. The van der Waals surface area contributed by atoms with Crippen molar-refractivity contribution in [2.45, 2.75) is 17.5 Å². The summed E-state index contributed by atoms with van der Waals surface area (Å²) in [7, 11) is 1.27. The van der Waals surface area contributed by atoms with Crippen molar-refractivity contribution >= 4 is 47.0 Å². The van der Waals surface area contributed by atoms with Gasteiger partial charge in [-0.25, -0.2) is 9.59 Å². The quantitative estimate of drug-likeness (QED) is 0.410. The van der Waals surface area contributed by atoms with Gasteiger partial charge in [0, 0.05) is 23.3 Å². The summed E-state index contributed by atoms with van der Waals surface area (Å²) in [5.74, 6) is -2.31. The Hall–Kier alpha value is -2.57. The number of thioether (sulfide) groups is 1. The molecule has 0 unspecified atom stereocenters. The van der Waals surface area contributed by atoms with Gasteiger partial charge in [-0.05, 0) is 11.4 Å². The summed E-state index contributed by atoms with van der Waals surface area (Å²) in [4.78, 5) is 49.6. The Morgan fingerprint density at radius 1 is 1.46 bits per heavy atom. The molecule has 2 atom stereocenters. The first-order valence-electron chi connectivity index (χ1n) is 8.01. The van der Waals surface area contributed by atoms with E-state index in [4.69, 9.17) is 10.5 Å². The molecule has 150 valence electrons. The molecule has 0 spiro atoms. The zero-order valence-electron chi connectivity index (χ0n) is 14.7. The van der Waals surface area contributed by atoms with Crippen molar-refractivity contribution in [1.29, 1.82) is 0 Å². The molecule has 3 heterocycles. The number of aliphatic carboxylic acids is 1. The second-order valence-corrected chi connectivity index (χ2v) is 8.05. The summed E-state index contributed by atoms with van der Waals surface area (Å²) in [5.41, 5.74) is 3.20. The molecule has 2 aliphatic heterocycles. The Kier molecular flexibility index (Phi) is 5.63. The number of thiophene rings is 1. The molecular weight excluding hydrogens is 410 g/mol. The van der Waals surface area contributed by atoms with E-state index in [1.807, 2.05) is 11.4 Å². The number of carbonyl (C=O) groups is 4. The SMILES string of the molecule is CO[C@]1(NC(=O)Cc2cccs2)C(=O)N2C(C(=O)O)=C(COC(N)=O)CS[C@H]21. The van der Waals surface area contributed by atoms with E-state index in [-0.39, 0.29) is 30.1 Å². The van der Waals surface area contributed by atoms with E-state index >= 15 is 0 Å². The third kappa shape index (κ3) is 3.45. The van der Waals surface area contributed by atoms with Gasteiger partial charge in [-0.2, -0.15) is 0 Å². The van der Waals surface area contributed by atoms with Gasteiger partial charge < -0.3 is 25.6 Å². The molecule has 3 amide bonds. The van der Waals surface area contributed by atoms with Gasteiger partial charge in [0.1, 0.15) is 17.7 Å². The predicted molar refractivity (Wildman–Crippen MR) is 99.2 cm³/mol. The lowest BCUT2D eigenvalue weighted by atomic mass is 9.98. The second-order valence-electron chi connectivity index (χ2n) is 5.95. The Bertz CT molecular complexity index is 854. The molecule has 0 bridgehead atoms. The highest BCUT2D eigenvalue weighted by Gasteiger charge is 2.66. The highest BCUT2D eigenvalue weighted by molar-refractivity contribution is 8.00. The summed E-state index contributed by atoms with van der Waals surface area (Å²) in [6, 6.07) is 3.61. The first-order chi connectivity index (χ1) is 13.3. The molecule has 3 rings (SSSR count). The second kappa shape index (κ2) is 7.81. The van der Waals surface area contributed by atoms with E-state index in [9.17, 15) is 24.3 Å². The van der Waals surface area contributed by atoms with Gasteiger partial charge in [0.2, 0.25) is 5.91 Å². The van der Waals surface area contributed by atoms with E-state index in [1.54, 1.807) is 6.07 Å². The Morgan fingerprint density at radius 2 is 2.21 bits per heavy atom. The number of rotatable bonds is 7. The van der Waals surface area contributed by atoms with Crippen molar-refractivity contribution in [3.05, 3.63) is 33.7 Å². The normalized spacial score (nSPS) is 23.7. The van der Waals surface area contributed by atoms with Gasteiger partial charge >= 0.3 is 12.1 Å². The lowest BCUT2D eigenvalue weighted by Crippen LogP contribution is -2.80. The molecule has 0 aromatic carbocycles. The molecule has 2 aliphatic rings. The van der Waals surface area contributed by atoms with Gasteiger partial charge in [-0.3, -0.25) is 14.5 Å². The van der Waals surface area contributed by atoms with Gasteiger partial charge in [-0.1, -0.05) is 6.07 Å². The van der Waals surface area contributed by atoms with Crippen molar-refractivity contribution < 1.29 is 33.8 Å². The fourth-order valence-corrected chi connectivity index (χ4v) is 5.16. The molecule has 0 aliphatic carbocycles. The number of β-lactam (4-membered cyclic amide) rings is 1. The molecule has 1 aromatic rings. The maximum Gasteiger partial charge on any atom is 0.404 e. The number of hydrogen-bond acceptors (Lipinski definition) is 8. The number of nitrogens with zero attached hydrogens (tertiary/aromatic N) is 1. The summed E-state index contributed by atoms with van der Waals surface area (Å²) < 4.78 is 10.0. The number of primary amides is 1. The molecule has 1 aromatic heterocycles. The van der Waals surface area contributed by atoms with Gasteiger partial charge in [0.25, 0.3) is 11.6 Å². The fourth-order valence-electron chi connectivity index (χ4n) is 3.04. The summed E-state index contributed by atoms with van der Waals surface area (Å²) in [6.07, 6.45) is -0.973. The maximum absolute atomic E-state index is 12.8. The summed E-state index contributed by atoms with van der Waals surface area (Å²) >= 11 is 2.60. The van der Waals surface area contributed by atoms with Crippen molar-refractivity contribution in [2.75, 3.05) is 19.5 Å². The molecule has 4 N–H and O–H groups in total. The molecule has 0 radical (unpaired) electrons. The number of amides is 3. The average molecular weight is 427 g/mol. The number of nitrogens with two attached hydrogens (primary N) is 1. The summed E-state index contributed by atoms with van der Waals surface area (Å²) in [6.45, 7) is -0.342. The van der Waals surface area contributed by atoms with Gasteiger partial charge in [0.05, 0.1) is 6.42 Å². The van der Waals surface area contributed by atoms with Crippen LogP contribution in [0.15, 0.2) is 28.8 Å². The number of hydrogen-bond donors (Lipinski definition) is 3. The van der Waals surface area contributed by atoms with Crippen molar-refractivity contribution in [3.63, 3.8) is 0 Å². The first kappa shape index (κ1) is 20.2. The number of ether oxygens (including phenoxy) is 2. The highest BCUT2D eigenvalue weighted by Crippen LogP contribution is 2.46. The number of carboxylic acids is 1. The molecule has 0 saturated carbocycles. The Morgan fingerprint density at radius 3 is 2.79 bits per heavy atom. The largest absolute Gasteiger partial charge is 0.477 e. The van der Waals surface area contributed by atoms with Gasteiger partial charge in [0.15, 0.2) is 0 Å². The highest BCUT2D eigenvalue weighted by atomic mass is 32.2. The van der Waals surface area contributed by atoms with Gasteiger partial charge in [-0.15, -0.1) is 23.1 Å². The Labute approximate surface area is 167 Å². The fraction of sp³-hybridized carbons (Fsp3) is 0.375. The third-order valence-corrected chi connectivity index (χ3v) is 6.51. The lowest BCUT2D eigenvalue weighted by molar-refractivity contribution is -0.192. The van der Waals surface area contributed by atoms with Crippen LogP contribution in [-0.4, -0.2) is 64.5 Å². The minimum absolute atomic E-state index is 0.0762. The van der Waals surface area contributed by atoms with Crippen molar-refractivity contribution in [2.24, 2.45) is 5.73 Å². The number of fused-ring (bicyclic) bond motifs is 1. The number of carboxylic acid groups (broad SMARTS) is 1. The van der Waals surface area contributed by atoms with Crippen LogP contribution in [0.2, 0.25) is 0 Å². The van der Waals surface area contributed by atoms with E-state index in [0.717, 1.165) is 9.78 Å². The zero-order valence-corrected chi connectivity index (χ0v) is 16.3. The molecule has 1 fully saturated rings. The first-order valence-corrected chi connectivity index (χ1v) is 9.94. The number of carbonyl (C=O) groups excluding carboxylic acids is 3. The van der Waals surface area contributed by atoms with Crippen LogP contribution in [0, 0.1) is 0 Å². The zero-order chi connectivity index (χ0) is 20.5. The van der Waals surface area contributed by atoms with Crippen LogP contribution >= 0.6 is 23.1 Å². The van der Waals surface area contributed by atoms with Crippen LogP contribution in [0.1, 0.15) is 4.88 Å². The Balaban J connectivity index is 1.81. The van der Waals surface area contributed by atoms with Crippen LogP contribution in [0.4, 0.5) is 4.79 Å². The molecule has 1 saturated heterocycles. The topological polar surface area (TPSA) is 148 Å². The maximum atomic E-state index is 12.8.